The first-order valence-corrected chi connectivity index (χ1v) is 7.62. The molecule has 1 saturated heterocycles. The molecule has 2 heterocycles. The Morgan fingerprint density at radius 1 is 1.17 bits per heavy atom. The Hall–Kier alpha value is -2.87. The van der Waals surface area contributed by atoms with Crippen molar-refractivity contribution in [3.8, 4) is 5.75 Å². The summed E-state index contributed by atoms with van der Waals surface area (Å²) >= 11 is 0. The van der Waals surface area contributed by atoms with Gasteiger partial charge in [0, 0.05) is 0 Å². The molecule has 0 unspecified atom stereocenters. The second kappa shape index (κ2) is 6.32. The molecule has 1 atom stereocenters. The fourth-order valence-corrected chi connectivity index (χ4v) is 2.66. The molecule has 0 saturated carbocycles. The molecule has 0 radical (unpaired) electrons. The topological polar surface area (TPSA) is 97.0 Å². The van der Waals surface area contributed by atoms with Gasteiger partial charge in [0.2, 0.25) is 0 Å². The number of hydrogen-bond acceptors (Lipinski definition) is 7. The average molecular weight is 331 g/mol. The molecule has 2 amide bonds. The van der Waals surface area contributed by atoms with Gasteiger partial charge in [-0.1, -0.05) is 0 Å². The molecule has 8 heteroatoms. The van der Waals surface area contributed by atoms with E-state index in [9.17, 15) is 14.4 Å². The number of ether oxygens (including phenoxy) is 2. The molecule has 0 aliphatic carbocycles. The van der Waals surface area contributed by atoms with Crippen LogP contribution >= 0.6 is 0 Å². The average Bonchev–Trinajstić information content (AvgIpc) is 3.10. The second-order valence-electron chi connectivity index (χ2n) is 5.12. The monoisotopic (exact) mass is 331 g/mol. The van der Waals surface area contributed by atoms with Crippen LogP contribution in [0.5, 0.6) is 5.75 Å². The molecule has 126 valence electrons. The second-order valence-corrected chi connectivity index (χ2v) is 5.12. The van der Waals surface area contributed by atoms with Crippen LogP contribution < -0.4 is 20.5 Å². The molecule has 0 aromatic heterocycles. The van der Waals surface area contributed by atoms with Gasteiger partial charge in [0.1, 0.15) is 17.5 Å². The van der Waals surface area contributed by atoms with Crippen molar-refractivity contribution in [1.29, 1.82) is 0 Å². The van der Waals surface area contributed by atoms with Crippen molar-refractivity contribution < 1.29 is 23.9 Å². The van der Waals surface area contributed by atoms with Gasteiger partial charge in [0.25, 0.3) is 11.8 Å². The molecule has 1 fully saturated rings. The minimum absolute atomic E-state index is 0.0198. The van der Waals surface area contributed by atoms with Crippen LogP contribution in [0.15, 0.2) is 35.5 Å². The minimum atomic E-state index is -0.900. The summed E-state index contributed by atoms with van der Waals surface area (Å²) in [4.78, 5) is 38.1. The van der Waals surface area contributed by atoms with E-state index in [1.54, 1.807) is 31.2 Å². The van der Waals surface area contributed by atoms with Crippen molar-refractivity contribution in [3.05, 3.63) is 35.5 Å². The van der Waals surface area contributed by atoms with Gasteiger partial charge in [-0.05, 0) is 38.1 Å². The lowest BCUT2D eigenvalue weighted by Gasteiger charge is -2.16. The molecule has 0 spiro atoms. The Morgan fingerprint density at radius 3 is 2.50 bits per heavy atom. The van der Waals surface area contributed by atoms with Crippen molar-refractivity contribution in [2.45, 2.75) is 19.9 Å². The van der Waals surface area contributed by atoms with Crippen LogP contribution in [0.25, 0.3) is 0 Å². The third kappa shape index (κ3) is 2.50. The minimum Gasteiger partial charge on any atom is -0.494 e. The van der Waals surface area contributed by atoms with E-state index in [1.165, 1.54) is 0 Å². The van der Waals surface area contributed by atoms with Crippen molar-refractivity contribution in [2.75, 3.05) is 18.1 Å². The zero-order valence-electron chi connectivity index (χ0n) is 13.3. The highest BCUT2D eigenvalue weighted by molar-refractivity contribution is 6.32. The summed E-state index contributed by atoms with van der Waals surface area (Å²) in [6, 6.07) is 5.71. The van der Waals surface area contributed by atoms with E-state index in [-0.39, 0.29) is 17.9 Å². The largest absolute Gasteiger partial charge is 0.494 e. The van der Waals surface area contributed by atoms with Crippen LogP contribution in [0.4, 0.5) is 5.69 Å². The zero-order chi connectivity index (χ0) is 17.3. The van der Waals surface area contributed by atoms with Gasteiger partial charge in [0.15, 0.2) is 0 Å². The highest BCUT2D eigenvalue weighted by atomic mass is 16.5. The Labute approximate surface area is 138 Å². The van der Waals surface area contributed by atoms with Crippen molar-refractivity contribution in [2.24, 2.45) is 0 Å². The number of carbonyl (C=O) groups excluding carboxylic acids is 3. The highest BCUT2D eigenvalue weighted by Gasteiger charge is 2.50. The number of esters is 1. The quantitative estimate of drug-likeness (QED) is 0.590. The van der Waals surface area contributed by atoms with Crippen molar-refractivity contribution >= 4 is 23.5 Å². The first kappa shape index (κ1) is 16.0. The first-order valence-electron chi connectivity index (χ1n) is 7.62. The van der Waals surface area contributed by atoms with E-state index >= 15 is 0 Å². The third-order valence-electron chi connectivity index (χ3n) is 3.69. The summed E-state index contributed by atoms with van der Waals surface area (Å²) in [5.41, 5.74) is 5.70. The molecule has 2 aliphatic rings. The number of fused-ring (bicyclic) bond motifs is 1. The van der Waals surface area contributed by atoms with Gasteiger partial charge in [-0.25, -0.2) is 15.1 Å². The summed E-state index contributed by atoms with van der Waals surface area (Å²) in [5.74, 6) is -1.02. The highest BCUT2D eigenvalue weighted by Crippen LogP contribution is 2.31. The maximum atomic E-state index is 12.7. The number of imide groups is 1. The van der Waals surface area contributed by atoms with Crippen LogP contribution in [0, 0.1) is 0 Å². The SMILES string of the molecule is CCOC(=O)C1=C2C(=O)N(c3ccc(OCC)cc3)C(=O)[C@H]2NN1. The van der Waals surface area contributed by atoms with Crippen LogP contribution in [-0.4, -0.2) is 37.0 Å². The van der Waals surface area contributed by atoms with Gasteiger partial charge < -0.3 is 14.9 Å². The predicted molar refractivity (Wildman–Crippen MR) is 83.8 cm³/mol. The molecule has 2 N–H and O–H groups in total. The molecular formula is C16H17N3O5. The fraction of sp³-hybridized carbons (Fsp3) is 0.312. The molecule has 0 bridgehead atoms. The van der Waals surface area contributed by atoms with E-state index in [0.717, 1.165) is 4.90 Å². The number of hydrazine groups is 1. The summed E-state index contributed by atoms with van der Waals surface area (Å²) in [7, 11) is 0. The molecule has 1 aromatic carbocycles. The van der Waals surface area contributed by atoms with Gasteiger partial charge in [-0.15, -0.1) is 0 Å². The van der Waals surface area contributed by atoms with E-state index in [1.807, 2.05) is 6.92 Å². The molecule has 3 rings (SSSR count). The number of benzene rings is 1. The van der Waals surface area contributed by atoms with E-state index in [2.05, 4.69) is 10.9 Å². The molecular weight excluding hydrogens is 314 g/mol. The summed E-state index contributed by atoms with van der Waals surface area (Å²) in [6.07, 6.45) is 0. The lowest BCUT2D eigenvalue weighted by atomic mass is 10.1. The molecule has 24 heavy (non-hydrogen) atoms. The lowest BCUT2D eigenvalue weighted by molar-refractivity contribution is -0.139. The van der Waals surface area contributed by atoms with Crippen LogP contribution in [0.2, 0.25) is 0 Å². The number of nitrogens with one attached hydrogen (secondary N) is 2. The maximum absolute atomic E-state index is 12.7. The number of rotatable bonds is 5. The van der Waals surface area contributed by atoms with E-state index in [4.69, 9.17) is 9.47 Å². The Morgan fingerprint density at radius 2 is 1.88 bits per heavy atom. The number of hydrogen-bond donors (Lipinski definition) is 2. The number of amides is 2. The summed E-state index contributed by atoms with van der Waals surface area (Å²) < 4.78 is 10.2. The molecule has 1 aromatic rings. The third-order valence-corrected chi connectivity index (χ3v) is 3.69. The molecule has 2 aliphatic heterocycles. The van der Waals surface area contributed by atoms with E-state index < -0.39 is 23.8 Å². The smallest absolute Gasteiger partial charge is 0.356 e. The number of nitrogens with zero attached hydrogens (tertiary/aromatic N) is 1. The molecule has 8 nitrogen and oxygen atoms in total. The first-order chi connectivity index (χ1) is 11.6. The van der Waals surface area contributed by atoms with Gasteiger partial charge in [-0.3, -0.25) is 9.59 Å². The van der Waals surface area contributed by atoms with Gasteiger partial charge in [0.05, 0.1) is 24.5 Å². The number of anilines is 1. The van der Waals surface area contributed by atoms with Crippen molar-refractivity contribution in [1.82, 2.24) is 10.9 Å². The Balaban J connectivity index is 1.92. The maximum Gasteiger partial charge on any atom is 0.356 e. The van der Waals surface area contributed by atoms with E-state index in [0.29, 0.717) is 18.0 Å². The lowest BCUT2D eigenvalue weighted by Crippen LogP contribution is -2.42. The summed E-state index contributed by atoms with van der Waals surface area (Å²) in [6.45, 7) is 4.22. The van der Waals surface area contributed by atoms with Gasteiger partial charge in [-0.2, -0.15) is 0 Å². The van der Waals surface area contributed by atoms with Crippen LogP contribution in [0.1, 0.15) is 13.8 Å². The fourth-order valence-electron chi connectivity index (χ4n) is 2.66. The van der Waals surface area contributed by atoms with Crippen LogP contribution in [-0.2, 0) is 19.1 Å². The Bertz CT molecular complexity index is 726. The van der Waals surface area contributed by atoms with Gasteiger partial charge >= 0.3 is 5.97 Å². The number of carbonyl (C=O) groups is 3. The normalized spacial score (nSPS) is 19.4. The van der Waals surface area contributed by atoms with Crippen LogP contribution in [0.3, 0.4) is 0 Å². The van der Waals surface area contributed by atoms with Crippen molar-refractivity contribution in [3.63, 3.8) is 0 Å². The zero-order valence-corrected chi connectivity index (χ0v) is 13.3. The Kier molecular flexibility index (Phi) is 4.22. The predicted octanol–water partition coefficient (Wildman–Crippen LogP) is 0.252. The standard InChI is InChI=1S/C16H17N3O5/c1-3-23-10-7-5-9(6-8-10)19-14(20)11-12(15(19)21)17-18-13(11)16(22)24-4-2/h5-8,12,17-18H,3-4H2,1-2H3/t12-/m0/s1. The summed E-state index contributed by atoms with van der Waals surface area (Å²) in [5, 5.41) is 0.